The fourth-order valence-corrected chi connectivity index (χ4v) is 2.96. The van der Waals surface area contributed by atoms with Gasteiger partial charge in [0.1, 0.15) is 5.82 Å². The van der Waals surface area contributed by atoms with E-state index in [0.717, 1.165) is 41.8 Å². The highest BCUT2D eigenvalue weighted by Gasteiger charge is 2.21. The molecule has 0 aliphatic heterocycles. The molecule has 6 nitrogen and oxygen atoms in total. The first-order valence-electron chi connectivity index (χ1n) is 7.45. The first-order chi connectivity index (χ1) is 9.76. The van der Waals surface area contributed by atoms with Gasteiger partial charge >= 0.3 is 0 Å². The quantitative estimate of drug-likeness (QED) is 0.781. The predicted molar refractivity (Wildman–Crippen MR) is 80.8 cm³/mol. The Morgan fingerprint density at radius 2 is 2.20 bits per heavy atom. The Morgan fingerprint density at radius 3 is 2.95 bits per heavy atom. The van der Waals surface area contributed by atoms with Gasteiger partial charge in [0.25, 0.3) is 0 Å². The summed E-state index contributed by atoms with van der Waals surface area (Å²) < 4.78 is 0. The molecule has 2 aromatic rings. The van der Waals surface area contributed by atoms with Crippen LogP contribution >= 0.6 is 0 Å². The van der Waals surface area contributed by atoms with Crippen molar-refractivity contribution in [3.63, 3.8) is 0 Å². The van der Waals surface area contributed by atoms with Crippen molar-refractivity contribution in [2.45, 2.75) is 33.1 Å². The summed E-state index contributed by atoms with van der Waals surface area (Å²) in [7, 11) is 0. The highest BCUT2D eigenvalue weighted by molar-refractivity contribution is 5.86. The molecule has 0 aromatic carbocycles. The fraction of sp³-hybridized carbons (Fsp3) is 0.643. The third-order valence-corrected chi connectivity index (χ3v) is 4.01. The van der Waals surface area contributed by atoms with E-state index in [1.807, 2.05) is 6.92 Å². The smallest absolute Gasteiger partial charge is 0.226 e. The molecule has 2 aromatic heterocycles. The molecule has 1 saturated carbocycles. The highest BCUT2D eigenvalue weighted by Crippen LogP contribution is 2.30. The molecule has 2 atom stereocenters. The van der Waals surface area contributed by atoms with Crippen LogP contribution in [-0.2, 0) is 0 Å². The average molecular weight is 274 g/mol. The van der Waals surface area contributed by atoms with Crippen LogP contribution in [0.3, 0.4) is 0 Å². The maximum atomic E-state index is 4.55. The molecular formula is C14H22N6. The number of aromatic nitrogens is 4. The second kappa shape index (κ2) is 5.64. The van der Waals surface area contributed by atoms with Gasteiger partial charge in [0.05, 0.1) is 11.6 Å². The number of anilines is 2. The molecule has 0 saturated heterocycles. The van der Waals surface area contributed by atoms with Crippen LogP contribution in [0.5, 0.6) is 0 Å². The monoisotopic (exact) mass is 274 g/mol. The van der Waals surface area contributed by atoms with Crippen molar-refractivity contribution < 1.29 is 0 Å². The molecule has 108 valence electrons. The van der Waals surface area contributed by atoms with Crippen LogP contribution in [0.1, 0.15) is 33.1 Å². The summed E-state index contributed by atoms with van der Waals surface area (Å²) >= 11 is 0. The van der Waals surface area contributed by atoms with Gasteiger partial charge in [-0.05, 0) is 31.6 Å². The summed E-state index contributed by atoms with van der Waals surface area (Å²) in [6.07, 6.45) is 5.76. The van der Waals surface area contributed by atoms with Gasteiger partial charge in [0, 0.05) is 13.1 Å². The van der Waals surface area contributed by atoms with Crippen LogP contribution in [0.15, 0.2) is 6.20 Å². The van der Waals surface area contributed by atoms with Gasteiger partial charge in [-0.15, -0.1) is 0 Å². The molecule has 0 radical (unpaired) electrons. The van der Waals surface area contributed by atoms with Crippen LogP contribution in [0.25, 0.3) is 11.0 Å². The molecule has 3 N–H and O–H groups in total. The molecule has 6 heteroatoms. The minimum Gasteiger partial charge on any atom is -0.369 e. The van der Waals surface area contributed by atoms with E-state index in [4.69, 9.17) is 0 Å². The summed E-state index contributed by atoms with van der Waals surface area (Å²) in [6, 6.07) is 0. The fourth-order valence-electron chi connectivity index (χ4n) is 2.96. The number of aromatic amines is 1. The largest absolute Gasteiger partial charge is 0.369 e. The summed E-state index contributed by atoms with van der Waals surface area (Å²) in [5, 5.41) is 14.6. The van der Waals surface area contributed by atoms with Crippen molar-refractivity contribution in [2.75, 3.05) is 23.7 Å². The number of rotatable bonds is 5. The Morgan fingerprint density at radius 1 is 1.30 bits per heavy atom. The van der Waals surface area contributed by atoms with Crippen molar-refractivity contribution in [2.24, 2.45) is 11.8 Å². The van der Waals surface area contributed by atoms with Crippen molar-refractivity contribution in [1.82, 2.24) is 20.2 Å². The van der Waals surface area contributed by atoms with Gasteiger partial charge in [0.15, 0.2) is 5.65 Å². The topological polar surface area (TPSA) is 78.5 Å². The Hall–Kier alpha value is -1.85. The molecular weight excluding hydrogens is 252 g/mol. The van der Waals surface area contributed by atoms with Crippen LogP contribution < -0.4 is 10.6 Å². The molecule has 0 spiro atoms. The van der Waals surface area contributed by atoms with E-state index >= 15 is 0 Å². The van der Waals surface area contributed by atoms with E-state index in [1.165, 1.54) is 19.3 Å². The Bertz CT molecular complexity index is 578. The van der Waals surface area contributed by atoms with Crippen molar-refractivity contribution >= 4 is 22.8 Å². The molecule has 0 bridgehead atoms. The maximum Gasteiger partial charge on any atom is 0.226 e. The van der Waals surface area contributed by atoms with E-state index in [9.17, 15) is 0 Å². The van der Waals surface area contributed by atoms with Crippen LogP contribution in [-0.4, -0.2) is 33.3 Å². The standard InChI is InChI=1S/C14H22N6/c1-3-15-14-18-12(11-8-17-20-13(11)19-14)16-7-10-5-4-9(2)6-10/h8-10H,3-7H2,1-2H3,(H3,15,16,17,18,19,20). The number of H-pyrrole nitrogens is 1. The number of hydrogen-bond acceptors (Lipinski definition) is 5. The van der Waals surface area contributed by atoms with E-state index in [2.05, 4.69) is 37.7 Å². The minimum atomic E-state index is 0.645. The molecule has 3 rings (SSSR count). The van der Waals surface area contributed by atoms with E-state index in [1.54, 1.807) is 6.20 Å². The third-order valence-electron chi connectivity index (χ3n) is 4.01. The predicted octanol–water partition coefficient (Wildman–Crippen LogP) is 2.63. The minimum absolute atomic E-state index is 0.645. The summed E-state index contributed by atoms with van der Waals surface area (Å²) in [4.78, 5) is 8.95. The third kappa shape index (κ3) is 2.69. The average Bonchev–Trinajstić information content (AvgIpc) is 3.05. The first-order valence-corrected chi connectivity index (χ1v) is 7.45. The second-order valence-electron chi connectivity index (χ2n) is 5.72. The maximum absolute atomic E-state index is 4.55. The Labute approximate surface area is 118 Å². The summed E-state index contributed by atoms with van der Waals surface area (Å²) in [6.45, 7) is 6.15. The van der Waals surface area contributed by atoms with E-state index < -0.39 is 0 Å². The zero-order valence-electron chi connectivity index (χ0n) is 12.1. The number of nitrogens with zero attached hydrogens (tertiary/aromatic N) is 3. The lowest BCUT2D eigenvalue weighted by Gasteiger charge is -2.13. The molecule has 2 heterocycles. The van der Waals surface area contributed by atoms with Crippen LogP contribution in [0.4, 0.5) is 11.8 Å². The normalized spacial score (nSPS) is 22.3. The molecule has 1 fully saturated rings. The van der Waals surface area contributed by atoms with E-state index in [0.29, 0.717) is 5.95 Å². The highest BCUT2D eigenvalue weighted by atomic mass is 15.2. The van der Waals surface area contributed by atoms with Crippen LogP contribution in [0.2, 0.25) is 0 Å². The molecule has 1 aliphatic rings. The van der Waals surface area contributed by atoms with Crippen LogP contribution in [0, 0.1) is 11.8 Å². The second-order valence-corrected chi connectivity index (χ2v) is 5.72. The SMILES string of the molecule is CCNc1nc(NCC2CCC(C)C2)c2cn[nH]c2n1. The lowest BCUT2D eigenvalue weighted by atomic mass is 10.1. The molecule has 2 unspecified atom stereocenters. The molecule has 1 aliphatic carbocycles. The van der Waals surface area contributed by atoms with Crippen molar-refractivity contribution in [3.05, 3.63) is 6.20 Å². The van der Waals surface area contributed by atoms with Gasteiger partial charge in [-0.1, -0.05) is 13.3 Å². The van der Waals surface area contributed by atoms with Crippen molar-refractivity contribution in [1.29, 1.82) is 0 Å². The molecule has 0 amide bonds. The van der Waals surface area contributed by atoms with Gasteiger partial charge in [0.2, 0.25) is 5.95 Å². The Balaban J connectivity index is 1.76. The summed E-state index contributed by atoms with van der Waals surface area (Å²) in [5.74, 6) is 3.13. The first kappa shape index (κ1) is 13.1. The Kier molecular flexibility index (Phi) is 3.71. The van der Waals surface area contributed by atoms with Gasteiger partial charge < -0.3 is 10.6 Å². The lowest BCUT2D eigenvalue weighted by molar-refractivity contribution is 0.537. The number of nitrogens with one attached hydrogen (secondary N) is 3. The zero-order valence-corrected chi connectivity index (χ0v) is 12.1. The van der Waals surface area contributed by atoms with Crippen molar-refractivity contribution in [3.8, 4) is 0 Å². The van der Waals surface area contributed by atoms with Gasteiger partial charge in [-0.3, -0.25) is 5.10 Å². The number of fused-ring (bicyclic) bond motifs is 1. The van der Waals surface area contributed by atoms with Gasteiger partial charge in [-0.2, -0.15) is 15.1 Å². The summed E-state index contributed by atoms with van der Waals surface area (Å²) in [5.41, 5.74) is 0.776. The van der Waals surface area contributed by atoms with E-state index in [-0.39, 0.29) is 0 Å². The molecule has 20 heavy (non-hydrogen) atoms. The van der Waals surface area contributed by atoms with Gasteiger partial charge in [-0.25, -0.2) is 0 Å². The zero-order chi connectivity index (χ0) is 13.9. The number of hydrogen-bond donors (Lipinski definition) is 3. The lowest BCUT2D eigenvalue weighted by Crippen LogP contribution is -2.14.